The number of hydrogen-bond donors (Lipinski definition) is 3. The molecule has 0 aromatic heterocycles. The van der Waals surface area contributed by atoms with Crippen LogP contribution in [0.25, 0.3) is 0 Å². The quantitative estimate of drug-likeness (QED) is 0.697. The molecule has 2 atom stereocenters. The van der Waals surface area contributed by atoms with E-state index in [0.717, 1.165) is 6.42 Å². The molecule has 3 N–H and O–H groups in total. The third-order valence-corrected chi connectivity index (χ3v) is 3.70. The van der Waals surface area contributed by atoms with Crippen LogP contribution in [0.4, 0.5) is 4.79 Å². The van der Waals surface area contributed by atoms with E-state index in [-0.39, 0.29) is 18.7 Å². The molecule has 1 aliphatic rings. The Balaban J connectivity index is 1.71. The molecule has 0 saturated heterocycles. The first-order valence-electron chi connectivity index (χ1n) is 6.96. The highest BCUT2D eigenvalue weighted by Crippen LogP contribution is 2.33. The van der Waals surface area contributed by atoms with Gasteiger partial charge in [-0.05, 0) is 24.0 Å². The van der Waals surface area contributed by atoms with Gasteiger partial charge < -0.3 is 20.5 Å². The lowest BCUT2D eigenvalue weighted by atomic mass is 9.78. The van der Waals surface area contributed by atoms with Gasteiger partial charge in [0.15, 0.2) is 0 Å². The van der Waals surface area contributed by atoms with Crippen molar-refractivity contribution < 1.29 is 14.6 Å². The zero-order chi connectivity index (χ0) is 14.4. The fraction of sp³-hybridized carbons (Fsp3) is 0.533. The maximum Gasteiger partial charge on any atom is 0.315 e. The monoisotopic (exact) mass is 278 g/mol. The Morgan fingerprint density at radius 3 is 3.00 bits per heavy atom. The molecule has 0 radical (unpaired) electrons. The van der Waals surface area contributed by atoms with E-state index >= 15 is 0 Å². The lowest BCUT2D eigenvalue weighted by Gasteiger charge is -2.30. The Labute approximate surface area is 119 Å². The van der Waals surface area contributed by atoms with Gasteiger partial charge >= 0.3 is 6.03 Å². The molecule has 5 heteroatoms. The number of methoxy groups -OCH3 is 1. The lowest BCUT2D eigenvalue weighted by Crippen LogP contribution is -2.46. The average Bonchev–Trinajstić information content (AvgIpc) is 2.44. The van der Waals surface area contributed by atoms with Crippen LogP contribution in [0.1, 0.15) is 23.5 Å². The van der Waals surface area contributed by atoms with Crippen LogP contribution >= 0.6 is 0 Å². The van der Waals surface area contributed by atoms with Gasteiger partial charge in [-0.1, -0.05) is 24.3 Å². The van der Waals surface area contributed by atoms with Gasteiger partial charge in [0.1, 0.15) is 0 Å². The molecule has 0 fully saturated rings. The zero-order valence-corrected chi connectivity index (χ0v) is 11.8. The summed E-state index contributed by atoms with van der Waals surface area (Å²) >= 11 is 0. The van der Waals surface area contributed by atoms with Gasteiger partial charge in [-0.3, -0.25) is 0 Å². The molecule has 2 rings (SSSR count). The lowest BCUT2D eigenvalue weighted by molar-refractivity contribution is 0.159. The molecule has 0 unspecified atom stereocenters. The van der Waals surface area contributed by atoms with Gasteiger partial charge in [-0.2, -0.15) is 0 Å². The number of hydrogen-bond acceptors (Lipinski definition) is 3. The van der Waals surface area contributed by atoms with E-state index in [9.17, 15) is 4.79 Å². The molecule has 2 amide bonds. The largest absolute Gasteiger partial charge is 0.394 e. The van der Waals surface area contributed by atoms with Crippen molar-refractivity contribution in [3.63, 3.8) is 0 Å². The third kappa shape index (κ3) is 3.71. The average molecular weight is 278 g/mol. The van der Waals surface area contributed by atoms with Gasteiger partial charge in [-0.15, -0.1) is 0 Å². The first kappa shape index (κ1) is 14.8. The van der Waals surface area contributed by atoms with Gasteiger partial charge in [0.2, 0.25) is 0 Å². The molecule has 0 spiro atoms. The maximum absolute atomic E-state index is 11.8. The van der Waals surface area contributed by atoms with Gasteiger partial charge in [0.05, 0.1) is 12.6 Å². The highest BCUT2D eigenvalue weighted by Gasteiger charge is 2.25. The van der Waals surface area contributed by atoms with Crippen molar-refractivity contribution in [1.29, 1.82) is 0 Å². The number of ether oxygens (including phenoxy) is 1. The number of nitrogens with one attached hydrogen (secondary N) is 2. The predicted octanol–water partition coefficient (Wildman–Crippen LogP) is 1.02. The van der Waals surface area contributed by atoms with Crippen LogP contribution in [0.15, 0.2) is 24.3 Å². The van der Waals surface area contributed by atoms with E-state index in [4.69, 9.17) is 9.84 Å². The standard InChI is InChI=1S/C15H22N2O3/c1-20-7-6-13(10-18)17-15(19)16-9-12-8-11-4-2-3-5-14(11)12/h2-5,12-13,18H,6-10H2,1H3,(H2,16,17,19)/t12-,13+/m1/s1. The van der Waals surface area contributed by atoms with E-state index in [1.807, 2.05) is 12.1 Å². The summed E-state index contributed by atoms with van der Waals surface area (Å²) in [5.41, 5.74) is 2.69. The zero-order valence-electron chi connectivity index (χ0n) is 11.8. The number of aliphatic hydroxyl groups is 1. The van der Waals surface area contributed by atoms with Crippen molar-refractivity contribution in [3.8, 4) is 0 Å². The highest BCUT2D eigenvalue weighted by molar-refractivity contribution is 5.74. The maximum atomic E-state index is 11.8. The topological polar surface area (TPSA) is 70.6 Å². The summed E-state index contributed by atoms with van der Waals surface area (Å²) in [5, 5.41) is 14.8. The van der Waals surface area contributed by atoms with Crippen LogP contribution in [-0.4, -0.2) is 44.0 Å². The summed E-state index contributed by atoms with van der Waals surface area (Å²) in [5.74, 6) is 0.406. The molecule has 110 valence electrons. The molecular formula is C15H22N2O3. The second-order valence-corrected chi connectivity index (χ2v) is 5.12. The number of aliphatic hydroxyl groups excluding tert-OH is 1. The van der Waals surface area contributed by atoms with Gasteiger partial charge in [-0.25, -0.2) is 4.79 Å². The third-order valence-electron chi connectivity index (χ3n) is 3.70. The first-order valence-corrected chi connectivity index (χ1v) is 6.96. The van der Waals surface area contributed by atoms with Gasteiger partial charge in [0, 0.05) is 26.2 Å². The summed E-state index contributed by atoms with van der Waals surface area (Å²) in [4.78, 5) is 11.8. The number of rotatable bonds is 7. The minimum Gasteiger partial charge on any atom is -0.394 e. The number of carbonyl (C=O) groups is 1. The Kier molecular flexibility index (Phi) is 5.38. The smallest absolute Gasteiger partial charge is 0.315 e. The van der Waals surface area contributed by atoms with E-state index in [1.54, 1.807) is 7.11 Å². The van der Waals surface area contributed by atoms with Crippen molar-refractivity contribution in [2.24, 2.45) is 0 Å². The number of amides is 2. The Morgan fingerprint density at radius 2 is 2.30 bits per heavy atom. The van der Waals surface area contributed by atoms with Crippen molar-refractivity contribution in [2.45, 2.75) is 24.8 Å². The van der Waals surface area contributed by atoms with Crippen molar-refractivity contribution in [1.82, 2.24) is 10.6 Å². The molecule has 5 nitrogen and oxygen atoms in total. The van der Waals surface area contributed by atoms with Crippen LogP contribution < -0.4 is 10.6 Å². The molecule has 20 heavy (non-hydrogen) atoms. The summed E-state index contributed by atoms with van der Waals surface area (Å²) in [7, 11) is 1.60. The molecule has 1 aliphatic carbocycles. The second-order valence-electron chi connectivity index (χ2n) is 5.12. The van der Waals surface area contributed by atoms with Crippen LogP contribution in [0, 0.1) is 0 Å². The number of fused-ring (bicyclic) bond motifs is 1. The number of carbonyl (C=O) groups excluding carboxylic acids is 1. The molecule has 1 aromatic rings. The second kappa shape index (κ2) is 7.26. The molecular weight excluding hydrogens is 256 g/mol. The molecule has 0 saturated carbocycles. The Morgan fingerprint density at radius 1 is 1.50 bits per heavy atom. The highest BCUT2D eigenvalue weighted by atomic mass is 16.5. The summed E-state index contributed by atoms with van der Waals surface area (Å²) in [6, 6.07) is 7.80. The summed E-state index contributed by atoms with van der Waals surface area (Å²) in [6.07, 6.45) is 1.62. The molecule has 0 bridgehead atoms. The fourth-order valence-corrected chi connectivity index (χ4v) is 2.47. The normalized spacial score (nSPS) is 17.8. The van der Waals surface area contributed by atoms with E-state index in [0.29, 0.717) is 25.5 Å². The molecule has 0 aliphatic heterocycles. The van der Waals surface area contributed by atoms with E-state index in [1.165, 1.54) is 11.1 Å². The Bertz CT molecular complexity index is 450. The first-order chi connectivity index (χ1) is 9.74. The van der Waals surface area contributed by atoms with Crippen LogP contribution in [0.2, 0.25) is 0 Å². The number of urea groups is 1. The number of benzene rings is 1. The van der Waals surface area contributed by atoms with Crippen LogP contribution in [0.3, 0.4) is 0 Å². The van der Waals surface area contributed by atoms with Crippen molar-refractivity contribution in [3.05, 3.63) is 35.4 Å². The minimum absolute atomic E-state index is 0.0803. The van der Waals surface area contributed by atoms with Crippen molar-refractivity contribution >= 4 is 6.03 Å². The SMILES string of the molecule is COCC[C@@H](CO)NC(=O)NC[C@H]1Cc2ccccc21. The summed E-state index contributed by atoms with van der Waals surface area (Å²) in [6.45, 7) is 1.07. The van der Waals surface area contributed by atoms with Crippen LogP contribution in [0.5, 0.6) is 0 Å². The van der Waals surface area contributed by atoms with E-state index in [2.05, 4.69) is 22.8 Å². The van der Waals surface area contributed by atoms with E-state index < -0.39 is 0 Å². The minimum atomic E-state index is -0.261. The van der Waals surface area contributed by atoms with Gasteiger partial charge in [0.25, 0.3) is 0 Å². The van der Waals surface area contributed by atoms with Crippen LogP contribution in [-0.2, 0) is 11.2 Å². The van der Waals surface area contributed by atoms with Crippen molar-refractivity contribution in [2.75, 3.05) is 26.9 Å². The Hall–Kier alpha value is -1.59. The molecule has 0 heterocycles. The molecule has 1 aromatic carbocycles. The predicted molar refractivity (Wildman–Crippen MR) is 76.8 cm³/mol. The summed E-state index contributed by atoms with van der Waals surface area (Å²) < 4.78 is 4.94. The fourth-order valence-electron chi connectivity index (χ4n) is 2.47.